The quantitative estimate of drug-likeness (QED) is 0.583. The second-order valence-corrected chi connectivity index (χ2v) is 3.10. The van der Waals surface area contributed by atoms with Gasteiger partial charge in [0, 0.05) is 27.2 Å². The van der Waals surface area contributed by atoms with Gasteiger partial charge in [-0.25, -0.2) is 0 Å². The molecule has 0 atom stereocenters. The Morgan fingerprint density at radius 1 is 1.33 bits per heavy atom. The first-order chi connectivity index (χ1) is 5.83. The molecule has 1 aliphatic rings. The maximum absolute atomic E-state index is 5.60. The molecule has 1 fully saturated rings. The van der Waals surface area contributed by atoms with E-state index in [4.69, 9.17) is 16.5 Å². The first-order valence-electron chi connectivity index (χ1n) is 4.43. The minimum absolute atomic E-state index is 0.389. The Morgan fingerprint density at radius 3 is 2.58 bits per heavy atom. The molecule has 1 aliphatic heterocycles. The van der Waals surface area contributed by atoms with E-state index in [1.54, 1.807) is 7.11 Å². The van der Waals surface area contributed by atoms with E-state index in [0.29, 0.717) is 19.3 Å². The van der Waals surface area contributed by atoms with Crippen LogP contribution in [0.4, 0.5) is 0 Å². The van der Waals surface area contributed by atoms with Crippen LogP contribution in [0.25, 0.3) is 0 Å². The first kappa shape index (κ1) is 9.96. The molecule has 1 saturated heterocycles. The third-order valence-electron chi connectivity index (χ3n) is 2.12. The highest BCUT2D eigenvalue weighted by molar-refractivity contribution is 4.71. The molecule has 0 saturated carbocycles. The number of hydrogen-bond acceptors (Lipinski definition) is 3. The number of methoxy groups -OCH3 is 1. The standard InChI is InChI=1S/C9H17NO2/c1-10-5-3-9(4-6-10)12-8-7-11-2/h1,9H,3-8H2,2H3. The number of hydrogen-bond donors (Lipinski definition) is 0. The lowest BCUT2D eigenvalue weighted by Crippen LogP contribution is -2.33. The minimum atomic E-state index is 0.389. The number of likely N-dealkylation sites (tertiary alicyclic amines) is 1. The minimum Gasteiger partial charge on any atom is -0.382 e. The summed E-state index contributed by atoms with van der Waals surface area (Å²) in [6, 6.07) is 0. The summed E-state index contributed by atoms with van der Waals surface area (Å²) in [4.78, 5) is 1.84. The summed E-state index contributed by atoms with van der Waals surface area (Å²) >= 11 is 0. The van der Waals surface area contributed by atoms with Gasteiger partial charge in [-0.1, -0.05) is 0 Å². The second-order valence-electron chi connectivity index (χ2n) is 3.10. The molecule has 3 heteroatoms. The smallest absolute Gasteiger partial charge is 0.0704 e. The van der Waals surface area contributed by atoms with Crippen molar-refractivity contribution in [3.8, 4) is 0 Å². The van der Waals surface area contributed by atoms with Gasteiger partial charge >= 0.3 is 0 Å². The van der Waals surface area contributed by atoms with Crippen LogP contribution in [0.3, 0.4) is 0 Å². The Labute approximate surface area is 74.6 Å². The van der Waals surface area contributed by atoms with Crippen LogP contribution in [0.15, 0.2) is 0 Å². The van der Waals surface area contributed by atoms with Crippen molar-refractivity contribution >= 4 is 0 Å². The Kier molecular flexibility index (Phi) is 4.58. The van der Waals surface area contributed by atoms with Crippen molar-refractivity contribution in [1.29, 1.82) is 0 Å². The average Bonchev–Trinajstić information content (AvgIpc) is 2.09. The fraction of sp³-hybridized carbons (Fsp3) is 0.889. The van der Waals surface area contributed by atoms with E-state index in [1.807, 2.05) is 4.90 Å². The molecule has 70 valence electrons. The summed E-state index contributed by atoms with van der Waals surface area (Å²) in [5.74, 6) is 0. The molecule has 0 aromatic heterocycles. The van der Waals surface area contributed by atoms with Gasteiger partial charge in [-0.15, -0.1) is 0 Å². The van der Waals surface area contributed by atoms with Crippen molar-refractivity contribution in [1.82, 2.24) is 4.90 Å². The van der Waals surface area contributed by atoms with E-state index in [9.17, 15) is 0 Å². The van der Waals surface area contributed by atoms with Crippen LogP contribution in [-0.2, 0) is 9.47 Å². The van der Waals surface area contributed by atoms with Gasteiger partial charge < -0.3 is 9.47 Å². The molecule has 0 amide bonds. The zero-order chi connectivity index (χ0) is 8.81. The molecule has 0 unspecified atom stereocenters. The molecule has 1 rings (SSSR count). The van der Waals surface area contributed by atoms with Crippen molar-refractivity contribution in [2.45, 2.75) is 18.9 Å². The van der Waals surface area contributed by atoms with Crippen LogP contribution in [-0.4, -0.2) is 44.4 Å². The zero-order valence-electron chi connectivity index (χ0n) is 7.66. The largest absolute Gasteiger partial charge is 0.382 e. The van der Waals surface area contributed by atoms with Crippen LogP contribution >= 0.6 is 0 Å². The molecule has 0 N–H and O–H groups in total. The van der Waals surface area contributed by atoms with Crippen molar-refractivity contribution in [2.24, 2.45) is 0 Å². The topological polar surface area (TPSA) is 21.7 Å². The van der Waals surface area contributed by atoms with Crippen molar-refractivity contribution in [3.63, 3.8) is 0 Å². The Balaban J connectivity index is 2.01. The fourth-order valence-corrected chi connectivity index (χ4v) is 1.34. The maximum atomic E-state index is 5.60. The first-order valence-corrected chi connectivity index (χ1v) is 4.43. The monoisotopic (exact) mass is 171 g/mol. The zero-order valence-corrected chi connectivity index (χ0v) is 7.66. The highest BCUT2D eigenvalue weighted by Crippen LogP contribution is 2.12. The summed E-state index contributed by atoms with van der Waals surface area (Å²) < 4.78 is 10.5. The van der Waals surface area contributed by atoms with E-state index in [0.717, 1.165) is 25.9 Å². The highest BCUT2D eigenvalue weighted by atomic mass is 16.5. The summed E-state index contributed by atoms with van der Waals surface area (Å²) in [6.45, 7) is 3.27. The molecule has 0 aromatic rings. The maximum Gasteiger partial charge on any atom is 0.0704 e. The fourth-order valence-electron chi connectivity index (χ4n) is 1.34. The molecule has 0 bridgehead atoms. The Morgan fingerprint density at radius 2 is 2.00 bits per heavy atom. The molecule has 1 heterocycles. The predicted molar refractivity (Wildman–Crippen MR) is 46.7 cm³/mol. The van der Waals surface area contributed by atoms with Gasteiger partial charge in [0.25, 0.3) is 0 Å². The van der Waals surface area contributed by atoms with Gasteiger partial charge in [0.1, 0.15) is 0 Å². The number of ether oxygens (including phenoxy) is 2. The third-order valence-corrected chi connectivity index (χ3v) is 2.12. The van der Waals surface area contributed by atoms with Crippen LogP contribution < -0.4 is 0 Å². The van der Waals surface area contributed by atoms with Crippen molar-refractivity contribution in [3.05, 3.63) is 7.05 Å². The van der Waals surface area contributed by atoms with Gasteiger partial charge in [-0.3, -0.25) is 4.90 Å². The van der Waals surface area contributed by atoms with Crippen molar-refractivity contribution in [2.75, 3.05) is 33.4 Å². The van der Waals surface area contributed by atoms with Crippen LogP contribution in [0, 0.1) is 7.05 Å². The van der Waals surface area contributed by atoms with Crippen LogP contribution in [0.2, 0.25) is 0 Å². The summed E-state index contributed by atoms with van der Waals surface area (Å²) in [5.41, 5.74) is 0. The Hall–Kier alpha value is -0.120. The summed E-state index contributed by atoms with van der Waals surface area (Å²) in [6.07, 6.45) is 2.47. The molecule has 0 spiro atoms. The van der Waals surface area contributed by atoms with E-state index < -0.39 is 0 Å². The van der Waals surface area contributed by atoms with Gasteiger partial charge in [-0.05, 0) is 12.8 Å². The highest BCUT2D eigenvalue weighted by Gasteiger charge is 2.16. The van der Waals surface area contributed by atoms with Gasteiger partial charge in [-0.2, -0.15) is 0 Å². The van der Waals surface area contributed by atoms with Gasteiger partial charge in [0.15, 0.2) is 0 Å². The molecular weight excluding hydrogens is 154 g/mol. The lowest BCUT2D eigenvalue weighted by Gasteiger charge is -2.28. The van der Waals surface area contributed by atoms with E-state index in [-0.39, 0.29) is 0 Å². The number of nitrogens with zero attached hydrogens (tertiary/aromatic N) is 1. The van der Waals surface area contributed by atoms with Crippen molar-refractivity contribution < 1.29 is 9.47 Å². The number of piperidine rings is 1. The molecule has 0 aliphatic carbocycles. The molecular formula is C9H17NO2. The lowest BCUT2D eigenvalue weighted by molar-refractivity contribution is -0.00903. The summed E-state index contributed by atoms with van der Waals surface area (Å²) in [5, 5.41) is 0. The van der Waals surface area contributed by atoms with E-state index in [2.05, 4.69) is 0 Å². The average molecular weight is 171 g/mol. The number of rotatable bonds is 4. The molecule has 0 aromatic carbocycles. The third kappa shape index (κ3) is 3.52. The van der Waals surface area contributed by atoms with Gasteiger partial charge in [0.2, 0.25) is 0 Å². The van der Waals surface area contributed by atoms with E-state index >= 15 is 0 Å². The molecule has 2 radical (unpaired) electrons. The predicted octanol–water partition coefficient (Wildman–Crippen LogP) is 0.782. The molecule has 12 heavy (non-hydrogen) atoms. The SMILES string of the molecule is [CH]N1CCC(OCCOC)CC1. The Bertz CT molecular complexity index is 111. The van der Waals surface area contributed by atoms with Gasteiger partial charge in [0.05, 0.1) is 19.3 Å². The normalized spacial score (nSPS) is 21.5. The van der Waals surface area contributed by atoms with E-state index in [1.165, 1.54) is 0 Å². The lowest BCUT2D eigenvalue weighted by atomic mass is 10.1. The van der Waals surface area contributed by atoms with Crippen LogP contribution in [0.1, 0.15) is 12.8 Å². The second kappa shape index (κ2) is 5.51. The molecule has 3 nitrogen and oxygen atoms in total. The van der Waals surface area contributed by atoms with Crippen LogP contribution in [0.5, 0.6) is 0 Å². The summed E-state index contributed by atoms with van der Waals surface area (Å²) in [7, 11) is 7.29.